The average Bonchev–Trinajstić information content (AvgIpc) is 2.68. The summed E-state index contributed by atoms with van der Waals surface area (Å²) in [6.07, 6.45) is 3.21. The van der Waals surface area contributed by atoms with Crippen molar-refractivity contribution in [3.05, 3.63) is 71.8 Å². The van der Waals surface area contributed by atoms with E-state index in [0.717, 1.165) is 30.8 Å². The predicted molar refractivity (Wildman–Crippen MR) is 100 cm³/mol. The Morgan fingerprint density at radius 1 is 1.12 bits per heavy atom. The molecule has 25 heavy (non-hydrogen) atoms. The first-order chi connectivity index (χ1) is 12.2. The Labute approximate surface area is 149 Å². The van der Waals surface area contributed by atoms with Crippen molar-refractivity contribution in [1.29, 1.82) is 0 Å². The smallest absolute Gasteiger partial charge is 0.234 e. The number of ether oxygens (including phenoxy) is 1. The van der Waals surface area contributed by atoms with Crippen LogP contribution >= 0.6 is 0 Å². The number of amides is 1. The van der Waals surface area contributed by atoms with E-state index in [2.05, 4.69) is 40.6 Å². The van der Waals surface area contributed by atoms with Crippen LogP contribution in [0.15, 0.2) is 60.7 Å². The van der Waals surface area contributed by atoms with Crippen LogP contribution in [0.3, 0.4) is 0 Å². The fourth-order valence-electron chi connectivity index (χ4n) is 2.97. The van der Waals surface area contributed by atoms with E-state index in [1.807, 2.05) is 30.3 Å². The molecule has 1 aliphatic heterocycles. The molecule has 2 aromatic carbocycles. The maximum atomic E-state index is 12.2. The number of methoxy groups -OCH3 is 1. The van der Waals surface area contributed by atoms with Crippen molar-refractivity contribution in [3.8, 4) is 5.75 Å². The summed E-state index contributed by atoms with van der Waals surface area (Å²) in [7, 11) is 1.65. The van der Waals surface area contributed by atoms with E-state index in [1.54, 1.807) is 7.11 Å². The van der Waals surface area contributed by atoms with Gasteiger partial charge in [0, 0.05) is 19.6 Å². The summed E-state index contributed by atoms with van der Waals surface area (Å²) in [5.74, 6) is 0.886. The highest BCUT2D eigenvalue weighted by Gasteiger charge is 2.15. The molecule has 0 radical (unpaired) electrons. The lowest BCUT2D eigenvalue weighted by Crippen LogP contribution is -2.39. The molecule has 4 heteroatoms. The van der Waals surface area contributed by atoms with Crippen LogP contribution in [0.25, 0.3) is 5.57 Å². The summed E-state index contributed by atoms with van der Waals surface area (Å²) in [5.41, 5.74) is 3.72. The second-order valence-electron chi connectivity index (χ2n) is 6.21. The molecular weight excluding hydrogens is 312 g/mol. The minimum absolute atomic E-state index is 0.0624. The number of rotatable bonds is 6. The van der Waals surface area contributed by atoms with Gasteiger partial charge < -0.3 is 10.1 Å². The van der Waals surface area contributed by atoms with E-state index in [4.69, 9.17) is 4.74 Å². The van der Waals surface area contributed by atoms with Crippen molar-refractivity contribution in [1.82, 2.24) is 10.2 Å². The summed E-state index contributed by atoms with van der Waals surface area (Å²) >= 11 is 0. The highest BCUT2D eigenvalue weighted by atomic mass is 16.5. The van der Waals surface area contributed by atoms with Crippen LogP contribution in [0.5, 0.6) is 5.75 Å². The molecule has 0 atom stereocenters. The third-order valence-electron chi connectivity index (χ3n) is 4.45. The fraction of sp³-hybridized carbons (Fsp3) is 0.286. The molecule has 1 aliphatic rings. The van der Waals surface area contributed by atoms with Gasteiger partial charge in [0.15, 0.2) is 0 Å². The highest BCUT2D eigenvalue weighted by Crippen LogP contribution is 2.21. The highest BCUT2D eigenvalue weighted by molar-refractivity contribution is 5.78. The third kappa shape index (κ3) is 4.94. The van der Waals surface area contributed by atoms with Crippen LogP contribution in [0.1, 0.15) is 17.5 Å². The molecule has 0 spiro atoms. The number of nitrogens with zero attached hydrogens (tertiary/aromatic N) is 1. The third-order valence-corrected chi connectivity index (χ3v) is 4.45. The largest absolute Gasteiger partial charge is 0.497 e. The first-order valence-corrected chi connectivity index (χ1v) is 8.61. The lowest BCUT2D eigenvalue weighted by Gasteiger charge is -2.25. The number of carbonyl (C=O) groups excluding carboxylic acids is 1. The molecule has 2 aromatic rings. The van der Waals surface area contributed by atoms with E-state index >= 15 is 0 Å². The van der Waals surface area contributed by atoms with Gasteiger partial charge in [0.25, 0.3) is 0 Å². The van der Waals surface area contributed by atoms with Crippen molar-refractivity contribution < 1.29 is 9.53 Å². The molecular formula is C21H24N2O2. The van der Waals surface area contributed by atoms with Crippen molar-refractivity contribution in [2.45, 2.75) is 13.0 Å². The topological polar surface area (TPSA) is 41.6 Å². The Hall–Kier alpha value is -2.59. The molecule has 0 fully saturated rings. The first-order valence-electron chi connectivity index (χ1n) is 8.61. The number of nitrogens with one attached hydrogen (secondary N) is 1. The monoisotopic (exact) mass is 336 g/mol. The molecule has 3 rings (SSSR count). The zero-order chi connectivity index (χ0) is 17.5. The van der Waals surface area contributed by atoms with E-state index in [1.165, 1.54) is 11.1 Å². The van der Waals surface area contributed by atoms with Crippen molar-refractivity contribution in [2.24, 2.45) is 0 Å². The zero-order valence-electron chi connectivity index (χ0n) is 14.6. The van der Waals surface area contributed by atoms with Gasteiger partial charge in [0.05, 0.1) is 13.7 Å². The standard InChI is InChI=1S/C21H24N2O2/c1-25-20-9-7-17(8-10-20)15-22-21(24)16-23-13-11-19(12-14-23)18-5-3-2-4-6-18/h2-11H,12-16H2,1H3,(H,22,24). The minimum atomic E-state index is 0.0624. The second kappa shape index (κ2) is 8.49. The van der Waals surface area contributed by atoms with Crippen LogP contribution in [-0.4, -0.2) is 37.6 Å². The molecule has 1 heterocycles. The molecule has 1 N–H and O–H groups in total. The lowest BCUT2D eigenvalue weighted by molar-refractivity contribution is -0.122. The Morgan fingerprint density at radius 3 is 2.52 bits per heavy atom. The number of benzene rings is 2. The molecule has 0 aromatic heterocycles. The predicted octanol–water partition coefficient (Wildman–Crippen LogP) is 3.10. The molecule has 0 unspecified atom stereocenters. The number of hydrogen-bond acceptors (Lipinski definition) is 3. The molecule has 0 bridgehead atoms. The van der Waals surface area contributed by atoms with Gasteiger partial charge in [-0.25, -0.2) is 0 Å². The Morgan fingerprint density at radius 2 is 1.88 bits per heavy atom. The Balaban J connectivity index is 1.45. The molecule has 0 aliphatic carbocycles. The van der Waals surface area contributed by atoms with Crippen molar-refractivity contribution >= 4 is 11.5 Å². The van der Waals surface area contributed by atoms with Crippen LogP contribution in [0.4, 0.5) is 0 Å². The van der Waals surface area contributed by atoms with Gasteiger partial charge in [-0.3, -0.25) is 9.69 Å². The molecule has 4 nitrogen and oxygen atoms in total. The van der Waals surface area contributed by atoms with Gasteiger partial charge in [-0.2, -0.15) is 0 Å². The maximum absolute atomic E-state index is 12.2. The molecule has 0 saturated carbocycles. The Bertz CT molecular complexity index is 723. The zero-order valence-corrected chi connectivity index (χ0v) is 14.6. The van der Waals surface area contributed by atoms with E-state index in [9.17, 15) is 4.79 Å². The van der Waals surface area contributed by atoms with Gasteiger partial charge in [-0.15, -0.1) is 0 Å². The number of carbonyl (C=O) groups is 1. The molecule has 1 amide bonds. The Kier molecular flexibility index (Phi) is 5.86. The summed E-state index contributed by atoms with van der Waals surface area (Å²) in [6.45, 7) is 2.72. The van der Waals surface area contributed by atoms with E-state index < -0.39 is 0 Å². The number of hydrogen-bond donors (Lipinski definition) is 1. The van der Waals surface area contributed by atoms with Gasteiger partial charge in [-0.1, -0.05) is 48.5 Å². The van der Waals surface area contributed by atoms with Crippen molar-refractivity contribution in [2.75, 3.05) is 26.7 Å². The summed E-state index contributed by atoms with van der Waals surface area (Å²) in [5, 5.41) is 2.98. The van der Waals surface area contributed by atoms with Gasteiger partial charge in [0.2, 0.25) is 5.91 Å². The molecule has 0 saturated heterocycles. The minimum Gasteiger partial charge on any atom is -0.497 e. The van der Waals surface area contributed by atoms with E-state index in [-0.39, 0.29) is 5.91 Å². The van der Waals surface area contributed by atoms with Gasteiger partial charge in [-0.05, 0) is 35.3 Å². The van der Waals surface area contributed by atoms with Crippen molar-refractivity contribution in [3.63, 3.8) is 0 Å². The van der Waals surface area contributed by atoms with Gasteiger partial charge in [0.1, 0.15) is 5.75 Å². The average molecular weight is 336 g/mol. The molecule has 130 valence electrons. The van der Waals surface area contributed by atoms with E-state index in [0.29, 0.717) is 13.1 Å². The SMILES string of the molecule is COc1ccc(CNC(=O)CN2CC=C(c3ccccc3)CC2)cc1. The summed E-state index contributed by atoms with van der Waals surface area (Å²) in [6, 6.07) is 18.2. The normalized spacial score (nSPS) is 14.7. The second-order valence-corrected chi connectivity index (χ2v) is 6.21. The van der Waals surface area contributed by atoms with Crippen LogP contribution in [-0.2, 0) is 11.3 Å². The summed E-state index contributed by atoms with van der Waals surface area (Å²) in [4.78, 5) is 14.3. The van der Waals surface area contributed by atoms with Gasteiger partial charge >= 0.3 is 0 Å². The summed E-state index contributed by atoms with van der Waals surface area (Å²) < 4.78 is 5.14. The van der Waals surface area contributed by atoms with Crippen LogP contribution < -0.4 is 10.1 Å². The fourth-order valence-corrected chi connectivity index (χ4v) is 2.97. The quantitative estimate of drug-likeness (QED) is 0.881. The maximum Gasteiger partial charge on any atom is 0.234 e. The first kappa shape index (κ1) is 17.2. The lowest BCUT2D eigenvalue weighted by atomic mass is 10.00. The van der Waals surface area contributed by atoms with Crippen LogP contribution in [0.2, 0.25) is 0 Å². The van der Waals surface area contributed by atoms with Crippen LogP contribution in [0, 0.1) is 0 Å².